The molecule has 0 nitrogen and oxygen atoms in total. The van der Waals surface area contributed by atoms with E-state index in [1.807, 2.05) is 5.92 Å². The van der Waals surface area contributed by atoms with Crippen molar-refractivity contribution in [1.29, 1.82) is 0 Å². The summed E-state index contributed by atoms with van der Waals surface area (Å²) in [5.41, 5.74) is 0.676. The van der Waals surface area contributed by atoms with Crippen molar-refractivity contribution in [1.82, 2.24) is 0 Å². The third-order valence-electron chi connectivity index (χ3n) is 4.85. The van der Waals surface area contributed by atoms with Gasteiger partial charge in [-0.3, -0.25) is 0 Å². The summed E-state index contributed by atoms with van der Waals surface area (Å²) < 4.78 is 0. The second-order valence-electron chi connectivity index (χ2n) is 5.74. The van der Waals surface area contributed by atoms with E-state index in [1.165, 1.54) is 25.7 Å². The summed E-state index contributed by atoms with van der Waals surface area (Å²) in [6.45, 7) is 4.96. The Morgan fingerprint density at radius 2 is 1.94 bits per heavy atom. The summed E-state index contributed by atoms with van der Waals surface area (Å²) in [5, 5.41) is 0. The van der Waals surface area contributed by atoms with Crippen molar-refractivity contribution in [2.45, 2.75) is 39.5 Å². The quantitative estimate of drug-likeness (QED) is 0.531. The minimum absolute atomic E-state index is 0.676. The van der Waals surface area contributed by atoms with Crippen molar-refractivity contribution in [3.05, 3.63) is 12.3 Å². The Morgan fingerprint density at radius 3 is 2.50 bits per heavy atom. The molecule has 4 fully saturated rings. The van der Waals surface area contributed by atoms with Crippen LogP contribution >= 0.6 is 27.9 Å². The van der Waals surface area contributed by atoms with Crippen molar-refractivity contribution in [3.8, 4) is 0 Å². The third-order valence-corrected chi connectivity index (χ3v) is 4.85. The van der Waals surface area contributed by atoms with E-state index in [0.29, 0.717) is 5.41 Å². The van der Waals surface area contributed by atoms with Crippen molar-refractivity contribution < 1.29 is 14.7 Å². The van der Waals surface area contributed by atoms with Gasteiger partial charge in [0.1, 0.15) is 0 Å². The summed E-state index contributed by atoms with van der Waals surface area (Å²) >= 11 is -1.92. The molecule has 4 aliphatic rings. The molecular formula is C12H18Cl3Ti. The second kappa shape index (κ2) is 5.29. The second-order valence-corrected chi connectivity index (χ2v) is 13.5. The first-order chi connectivity index (χ1) is 7.43. The number of hydrogen-bond acceptors (Lipinski definition) is 0. The molecule has 0 heterocycles. The molecule has 4 heteroatoms. The Bertz CT molecular complexity index is 252. The summed E-state index contributed by atoms with van der Waals surface area (Å²) in [7, 11) is 14.9. The molecule has 0 aromatic rings. The Kier molecular flexibility index (Phi) is 4.63. The predicted molar refractivity (Wildman–Crippen MR) is 67.8 cm³/mol. The first-order valence-electron chi connectivity index (χ1n) is 5.94. The molecular weight excluding hydrogens is 298 g/mol. The molecule has 16 heavy (non-hydrogen) atoms. The average Bonchev–Trinajstić information content (AvgIpc) is 2.63. The van der Waals surface area contributed by atoms with Gasteiger partial charge >= 0.3 is 42.6 Å². The molecule has 0 N–H and O–H groups in total. The summed E-state index contributed by atoms with van der Waals surface area (Å²) in [6.07, 6.45) is 8.38. The van der Waals surface area contributed by atoms with Crippen LogP contribution in [0.4, 0.5) is 0 Å². The van der Waals surface area contributed by atoms with Gasteiger partial charge in [-0.2, -0.15) is 0 Å². The van der Waals surface area contributed by atoms with Crippen LogP contribution < -0.4 is 0 Å². The van der Waals surface area contributed by atoms with Gasteiger partial charge in [-0.05, 0) is 61.2 Å². The molecule has 3 unspecified atom stereocenters. The van der Waals surface area contributed by atoms with Crippen LogP contribution in [0.2, 0.25) is 0 Å². The molecule has 4 rings (SSSR count). The molecule has 2 bridgehead atoms. The molecule has 0 spiro atoms. The van der Waals surface area contributed by atoms with Gasteiger partial charge in [-0.1, -0.05) is 13.8 Å². The first-order valence-corrected chi connectivity index (χ1v) is 12.4. The van der Waals surface area contributed by atoms with Crippen molar-refractivity contribution in [3.63, 3.8) is 0 Å². The van der Waals surface area contributed by atoms with Gasteiger partial charge in [0.05, 0.1) is 0 Å². The topological polar surface area (TPSA) is 0 Å². The summed E-state index contributed by atoms with van der Waals surface area (Å²) in [6, 6.07) is 0. The average molecular weight is 317 g/mol. The van der Waals surface area contributed by atoms with Crippen molar-refractivity contribution >= 4 is 27.9 Å². The van der Waals surface area contributed by atoms with Gasteiger partial charge in [0, 0.05) is 0 Å². The van der Waals surface area contributed by atoms with Crippen LogP contribution in [0.3, 0.4) is 0 Å². The van der Waals surface area contributed by atoms with E-state index in [9.17, 15) is 0 Å². The zero-order valence-corrected chi connectivity index (χ0v) is 13.6. The molecule has 3 atom stereocenters. The predicted octanol–water partition coefficient (Wildman–Crippen LogP) is 5.31. The van der Waals surface area contributed by atoms with Crippen LogP contribution in [0, 0.1) is 35.5 Å². The van der Waals surface area contributed by atoms with E-state index < -0.39 is 14.7 Å². The maximum absolute atomic E-state index is 4.97. The SMILES string of the molecule is CC1(C)C2C[C]3CC[CH]C3C1C2.[Cl][Ti]([Cl])[Cl]. The molecule has 0 aromatic heterocycles. The Morgan fingerprint density at radius 1 is 1.31 bits per heavy atom. The van der Waals surface area contributed by atoms with Crippen LogP contribution in [-0.2, 0) is 14.7 Å². The Balaban J connectivity index is 0.000000212. The monoisotopic (exact) mass is 315 g/mol. The summed E-state index contributed by atoms with van der Waals surface area (Å²) in [4.78, 5) is 0. The van der Waals surface area contributed by atoms with E-state index in [-0.39, 0.29) is 0 Å². The molecule has 91 valence electrons. The zero-order valence-electron chi connectivity index (χ0n) is 9.77. The molecule has 4 aliphatic carbocycles. The van der Waals surface area contributed by atoms with Gasteiger partial charge in [0.25, 0.3) is 0 Å². The van der Waals surface area contributed by atoms with E-state index in [1.54, 1.807) is 0 Å². The fourth-order valence-electron chi connectivity index (χ4n) is 3.80. The van der Waals surface area contributed by atoms with Crippen molar-refractivity contribution in [2.24, 2.45) is 23.2 Å². The van der Waals surface area contributed by atoms with E-state index in [2.05, 4.69) is 20.3 Å². The van der Waals surface area contributed by atoms with Gasteiger partial charge in [0.15, 0.2) is 0 Å². The molecule has 4 saturated carbocycles. The molecule has 0 amide bonds. The van der Waals surface area contributed by atoms with Crippen LogP contribution in [-0.4, -0.2) is 0 Å². The standard InChI is InChI=1S/C12H18.3ClH.Ti/c1-12(2)9-6-8-4-3-5-10(8)11(12)7-9;;;;/h5,9-11H,3-4,6-7H2,1-2H3;3*1H;/q;;;;+3/p-3. The van der Waals surface area contributed by atoms with E-state index >= 15 is 0 Å². The van der Waals surface area contributed by atoms with Crippen LogP contribution in [0.25, 0.3) is 0 Å². The van der Waals surface area contributed by atoms with Crippen LogP contribution in [0.5, 0.6) is 0 Å². The van der Waals surface area contributed by atoms with Gasteiger partial charge < -0.3 is 0 Å². The van der Waals surface area contributed by atoms with E-state index in [4.69, 9.17) is 27.9 Å². The van der Waals surface area contributed by atoms with Gasteiger partial charge in [-0.15, -0.1) is 0 Å². The van der Waals surface area contributed by atoms with Crippen molar-refractivity contribution in [2.75, 3.05) is 0 Å². The molecule has 2 radical (unpaired) electrons. The van der Waals surface area contributed by atoms with E-state index in [0.717, 1.165) is 17.8 Å². The van der Waals surface area contributed by atoms with Crippen LogP contribution in [0.15, 0.2) is 0 Å². The summed E-state index contributed by atoms with van der Waals surface area (Å²) in [5.74, 6) is 4.90. The van der Waals surface area contributed by atoms with Crippen LogP contribution in [0.1, 0.15) is 39.5 Å². The van der Waals surface area contributed by atoms with Gasteiger partial charge in [-0.25, -0.2) is 0 Å². The fourth-order valence-corrected chi connectivity index (χ4v) is 3.80. The molecule has 0 aromatic carbocycles. The zero-order chi connectivity index (χ0) is 11.9. The fraction of sp³-hybridized carbons (Fsp3) is 0.833. The number of hydrogen-bond donors (Lipinski definition) is 0. The maximum atomic E-state index is 4.97. The number of halogens is 3. The van der Waals surface area contributed by atoms with Gasteiger partial charge in [0.2, 0.25) is 0 Å². The molecule has 0 saturated heterocycles. The minimum atomic E-state index is -1.92. The number of rotatable bonds is 0. The first kappa shape index (κ1) is 14.0. The molecule has 0 aliphatic heterocycles. The normalized spacial score (nSPS) is 39.2. The Labute approximate surface area is 117 Å². The Hall–Kier alpha value is 1.58. The third kappa shape index (κ3) is 2.62.